The van der Waals surface area contributed by atoms with Crippen LogP contribution >= 0.6 is 0 Å². The minimum atomic E-state index is 1.06. The summed E-state index contributed by atoms with van der Waals surface area (Å²) in [5.41, 5.74) is 9.48. The van der Waals surface area contributed by atoms with Crippen molar-refractivity contribution >= 4 is 27.4 Å². The van der Waals surface area contributed by atoms with Crippen LogP contribution in [-0.4, -0.2) is 4.98 Å². The molecule has 1 aliphatic rings. The summed E-state index contributed by atoms with van der Waals surface area (Å²) in [6.07, 6.45) is 1.06. The van der Waals surface area contributed by atoms with Gasteiger partial charge in [0.15, 0.2) is 0 Å². The van der Waals surface area contributed by atoms with Crippen molar-refractivity contribution in [2.24, 2.45) is 0 Å². The Morgan fingerprint density at radius 3 is 2.43 bits per heavy atom. The summed E-state index contributed by atoms with van der Waals surface area (Å²) in [6.45, 7) is 2.27. The van der Waals surface area contributed by atoms with Crippen molar-refractivity contribution in [1.29, 1.82) is 0 Å². The van der Waals surface area contributed by atoms with Crippen LogP contribution in [0, 0.1) is 0 Å². The molecule has 0 aliphatic heterocycles. The van der Waals surface area contributed by atoms with Gasteiger partial charge in [-0.25, -0.2) is 0 Å². The number of nitrogens with one attached hydrogen (secondary N) is 1. The molecule has 1 heterocycles. The molecular weight excluding hydrogens is 278 g/mol. The molecule has 0 spiro atoms. The fraction of sp³-hybridized carbons (Fsp3) is 0.0909. The van der Waals surface area contributed by atoms with E-state index in [1.54, 1.807) is 0 Å². The van der Waals surface area contributed by atoms with Crippen molar-refractivity contribution in [2.45, 2.75) is 13.3 Å². The number of para-hydroxylation sites is 1. The van der Waals surface area contributed by atoms with Gasteiger partial charge >= 0.3 is 0 Å². The molecule has 23 heavy (non-hydrogen) atoms. The number of aromatic nitrogens is 1. The third kappa shape index (κ3) is 1.74. The fourth-order valence-electron chi connectivity index (χ4n) is 4.01. The number of benzene rings is 3. The molecule has 1 N–H and O–H groups in total. The van der Waals surface area contributed by atoms with Gasteiger partial charge in [-0.2, -0.15) is 0 Å². The first-order valence-corrected chi connectivity index (χ1v) is 8.11. The number of hydrogen-bond donors (Lipinski definition) is 1. The van der Waals surface area contributed by atoms with E-state index in [1.807, 2.05) is 0 Å². The van der Waals surface area contributed by atoms with E-state index >= 15 is 0 Å². The van der Waals surface area contributed by atoms with E-state index < -0.39 is 0 Å². The highest BCUT2D eigenvalue weighted by molar-refractivity contribution is 6.14. The Bertz CT molecular complexity index is 1100. The van der Waals surface area contributed by atoms with Crippen LogP contribution in [0.4, 0.5) is 0 Å². The van der Waals surface area contributed by atoms with E-state index in [0.717, 1.165) is 6.42 Å². The second-order valence-corrected chi connectivity index (χ2v) is 6.39. The second-order valence-electron chi connectivity index (χ2n) is 6.39. The van der Waals surface area contributed by atoms with E-state index in [-0.39, 0.29) is 0 Å². The molecule has 4 aromatic rings. The van der Waals surface area contributed by atoms with Crippen molar-refractivity contribution in [3.63, 3.8) is 0 Å². The summed E-state index contributed by atoms with van der Waals surface area (Å²) in [5.74, 6) is 0. The summed E-state index contributed by atoms with van der Waals surface area (Å²) in [6, 6.07) is 24.0. The van der Waals surface area contributed by atoms with Crippen LogP contribution in [0.3, 0.4) is 0 Å². The molecule has 5 rings (SSSR count). The Hall–Kier alpha value is -2.80. The first-order valence-electron chi connectivity index (χ1n) is 8.11. The molecule has 0 unspecified atom stereocenters. The van der Waals surface area contributed by atoms with Crippen molar-refractivity contribution in [1.82, 2.24) is 4.98 Å². The van der Waals surface area contributed by atoms with E-state index in [2.05, 4.69) is 78.6 Å². The van der Waals surface area contributed by atoms with E-state index in [4.69, 9.17) is 0 Å². The number of rotatable bonds is 1. The van der Waals surface area contributed by atoms with Gasteiger partial charge in [-0.3, -0.25) is 0 Å². The van der Waals surface area contributed by atoms with E-state index in [0.29, 0.717) is 0 Å². The molecule has 0 atom stereocenters. The molecule has 1 aliphatic carbocycles. The molecule has 0 radical (unpaired) electrons. The smallest absolute Gasteiger partial charge is 0.0471 e. The van der Waals surface area contributed by atoms with Crippen LogP contribution in [0.5, 0.6) is 0 Å². The molecule has 1 nitrogen and oxygen atoms in total. The molecule has 0 saturated carbocycles. The highest BCUT2D eigenvalue weighted by atomic mass is 14.7. The lowest BCUT2D eigenvalue weighted by Gasteiger charge is -2.09. The minimum absolute atomic E-state index is 1.06. The quantitative estimate of drug-likeness (QED) is 0.463. The van der Waals surface area contributed by atoms with Gasteiger partial charge in [0.1, 0.15) is 0 Å². The molecule has 0 amide bonds. The number of fused-ring (bicyclic) bond motifs is 4. The molecule has 110 valence electrons. The predicted molar refractivity (Wildman–Crippen MR) is 97.6 cm³/mol. The molecule has 0 bridgehead atoms. The van der Waals surface area contributed by atoms with Gasteiger partial charge in [0.2, 0.25) is 0 Å². The molecule has 0 fully saturated rings. The Labute approximate surface area is 135 Å². The van der Waals surface area contributed by atoms with Gasteiger partial charge in [0.25, 0.3) is 0 Å². The third-order valence-electron chi connectivity index (χ3n) is 4.97. The number of aromatic amines is 1. The normalized spacial score (nSPS) is 14.0. The van der Waals surface area contributed by atoms with Crippen LogP contribution < -0.4 is 0 Å². The van der Waals surface area contributed by atoms with Crippen LogP contribution in [-0.2, 0) is 6.42 Å². The van der Waals surface area contributed by atoms with Crippen LogP contribution in [0.2, 0.25) is 0 Å². The predicted octanol–water partition coefficient (Wildman–Crippen LogP) is 5.70. The molecule has 0 saturated heterocycles. The monoisotopic (exact) mass is 295 g/mol. The average molecular weight is 295 g/mol. The van der Waals surface area contributed by atoms with Crippen molar-refractivity contribution in [3.05, 3.63) is 89.0 Å². The lowest BCUT2D eigenvalue weighted by Crippen LogP contribution is -1.88. The van der Waals surface area contributed by atoms with Crippen LogP contribution in [0.15, 0.2) is 72.3 Å². The summed E-state index contributed by atoms with van der Waals surface area (Å²) < 4.78 is 0. The molecule has 1 aromatic heterocycles. The first kappa shape index (κ1) is 12.7. The van der Waals surface area contributed by atoms with Gasteiger partial charge in [0, 0.05) is 21.8 Å². The maximum Gasteiger partial charge on any atom is 0.0471 e. The number of hydrogen-bond acceptors (Lipinski definition) is 0. The minimum Gasteiger partial charge on any atom is -0.354 e. The van der Waals surface area contributed by atoms with Gasteiger partial charge in [-0.05, 0) is 47.7 Å². The van der Waals surface area contributed by atoms with Crippen LogP contribution in [0.1, 0.15) is 23.6 Å². The highest BCUT2D eigenvalue weighted by Crippen LogP contribution is 2.41. The topological polar surface area (TPSA) is 15.8 Å². The third-order valence-corrected chi connectivity index (χ3v) is 4.97. The lowest BCUT2D eigenvalue weighted by atomic mass is 9.94. The Kier molecular flexibility index (Phi) is 2.54. The lowest BCUT2D eigenvalue weighted by molar-refractivity contribution is 1.19. The zero-order valence-electron chi connectivity index (χ0n) is 13.1. The zero-order valence-corrected chi connectivity index (χ0v) is 13.1. The Morgan fingerprint density at radius 2 is 1.48 bits per heavy atom. The molecule has 1 heteroatoms. The standard InChI is InChI=1S/C22H17N/c1-14-13-15-7-2-3-8-16(15)21(14)18-10-6-12-20-22(18)17-9-4-5-11-19(17)23-20/h2-12,23H,13H2,1H3. The summed E-state index contributed by atoms with van der Waals surface area (Å²) in [4.78, 5) is 3.56. The summed E-state index contributed by atoms with van der Waals surface area (Å²) in [5, 5.41) is 2.65. The van der Waals surface area contributed by atoms with E-state index in [9.17, 15) is 0 Å². The summed E-state index contributed by atoms with van der Waals surface area (Å²) in [7, 11) is 0. The molecular formula is C22H17N. The van der Waals surface area contributed by atoms with Gasteiger partial charge in [-0.1, -0.05) is 60.2 Å². The summed E-state index contributed by atoms with van der Waals surface area (Å²) >= 11 is 0. The van der Waals surface area contributed by atoms with Crippen molar-refractivity contribution in [2.75, 3.05) is 0 Å². The highest BCUT2D eigenvalue weighted by Gasteiger charge is 2.22. The number of allylic oxidation sites excluding steroid dienone is 1. The van der Waals surface area contributed by atoms with E-state index in [1.165, 1.54) is 49.6 Å². The van der Waals surface area contributed by atoms with Gasteiger partial charge in [-0.15, -0.1) is 0 Å². The van der Waals surface area contributed by atoms with Crippen molar-refractivity contribution in [3.8, 4) is 0 Å². The van der Waals surface area contributed by atoms with Crippen LogP contribution in [0.25, 0.3) is 27.4 Å². The first-order chi connectivity index (χ1) is 11.3. The fourth-order valence-corrected chi connectivity index (χ4v) is 4.01. The second kappa shape index (κ2) is 4.60. The number of H-pyrrole nitrogens is 1. The largest absolute Gasteiger partial charge is 0.354 e. The van der Waals surface area contributed by atoms with Gasteiger partial charge < -0.3 is 4.98 Å². The Morgan fingerprint density at radius 1 is 0.739 bits per heavy atom. The maximum atomic E-state index is 3.56. The van der Waals surface area contributed by atoms with Crippen molar-refractivity contribution < 1.29 is 0 Å². The zero-order chi connectivity index (χ0) is 15.4. The average Bonchev–Trinajstić information content (AvgIpc) is 3.11. The van der Waals surface area contributed by atoms with Gasteiger partial charge in [0.05, 0.1) is 0 Å². The SMILES string of the molecule is CC1=C(c2cccc3[nH]c4ccccc4c23)c2ccccc2C1. The molecule has 3 aromatic carbocycles. The maximum absolute atomic E-state index is 3.56. The Balaban J connectivity index is 1.90.